The molecule has 118 valence electrons. The first-order valence-electron chi connectivity index (χ1n) is 7.08. The van der Waals surface area contributed by atoms with Gasteiger partial charge in [0.15, 0.2) is 11.9 Å². The molecule has 1 atom stereocenters. The zero-order valence-electron chi connectivity index (χ0n) is 13.1. The number of aromatic nitrogens is 1. The number of amides is 1. The first-order chi connectivity index (χ1) is 10.4. The molecule has 1 N–H and O–H groups in total. The Morgan fingerprint density at radius 1 is 1.32 bits per heavy atom. The van der Waals surface area contributed by atoms with Crippen molar-refractivity contribution in [3.63, 3.8) is 0 Å². The minimum absolute atomic E-state index is 0.263. The van der Waals surface area contributed by atoms with Gasteiger partial charge in [0.1, 0.15) is 11.5 Å². The lowest BCUT2D eigenvalue weighted by molar-refractivity contribution is -0.122. The van der Waals surface area contributed by atoms with Gasteiger partial charge >= 0.3 is 0 Å². The van der Waals surface area contributed by atoms with E-state index in [2.05, 4.69) is 10.5 Å². The Kier molecular flexibility index (Phi) is 5.08. The highest BCUT2D eigenvalue weighted by Crippen LogP contribution is 2.27. The van der Waals surface area contributed by atoms with Crippen molar-refractivity contribution in [2.45, 2.75) is 40.2 Å². The highest BCUT2D eigenvalue weighted by Gasteiger charge is 2.20. The number of nitrogens with zero attached hydrogens (tertiary/aromatic N) is 1. The lowest BCUT2D eigenvalue weighted by Crippen LogP contribution is -2.32. The number of carbonyl (C=O) groups is 1. The number of anilines is 1. The molecule has 0 saturated carbocycles. The fraction of sp³-hybridized carbons (Fsp3) is 0.375. The fourth-order valence-corrected chi connectivity index (χ4v) is 2.20. The number of hydrogen-bond acceptors (Lipinski definition) is 4. The number of aryl methyl sites for hydroxylation is 3. The molecular weight excluding hydrogens is 304 g/mol. The molecule has 0 bridgehead atoms. The van der Waals surface area contributed by atoms with Gasteiger partial charge in [-0.1, -0.05) is 23.7 Å². The quantitative estimate of drug-likeness (QED) is 0.902. The Hall–Kier alpha value is -2.01. The van der Waals surface area contributed by atoms with Gasteiger partial charge in [0.05, 0.1) is 0 Å². The Labute approximate surface area is 134 Å². The van der Waals surface area contributed by atoms with E-state index in [0.29, 0.717) is 28.8 Å². The number of hydrogen-bond donors (Lipinski definition) is 1. The summed E-state index contributed by atoms with van der Waals surface area (Å²) in [5, 5.41) is 7.13. The second-order valence-electron chi connectivity index (χ2n) is 5.20. The van der Waals surface area contributed by atoms with Crippen LogP contribution in [-0.2, 0) is 4.79 Å². The molecule has 2 aromatic rings. The molecule has 0 fully saturated rings. The Morgan fingerprint density at radius 2 is 1.95 bits per heavy atom. The van der Waals surface area contributed by atoms with Gasteiger partial charge < -0.3 is 14.6 Å². The summed E-state index contributed by atoms with van der Waals surface area (Å²) < 4.78 is 10.7. The van der Waals surface area contributed by atoms with Crippen molar-refractivity contribution < 1.29 is 14.1 Å². The van der Waals surface area contributed by atoms with E-state index in [9.17, 15) is 4.79 Å². The number of nitrogens with one attached hydrogen (secondary N) is 1. The second-order valence-corrected chi connectivity index (χ2v) is 5.58. The van der Waals surface area contributed by atoms with Crippen molar-refractivity contribution in [3.8, 4) is 5.75 Å². The van der Waals surface area contributed by atoms with Crippen LogP contribution in [0.3, 0.4) is 0 Å². The summed E-state index contributed by atoms with van der Waals surface area (Å²) in [6, 6.07) is 5.30. The van der Waals surface area contributed by atoms with Crippen LogP contribution in [0, 0.1) is 20.8 Å². The normalized spacial score (nSPS) is 12.0. The van der Waals surface area contributed by atoms with Crippen LogP contribution in [0.25, 0.3) is 0 Å². The largest absolute Gasteiger partial charge is 0.481 e. The number of halogens is 1. The summed E-state index contributed by atoms with van der Waals surface area (Å²) in [6.07, 6.45) is -0.0828. The maximum Gasteiger partial charge on any atom is 0.266 e. The molecular formula is C16H19ClN2O3. The van der Waals surface area contributed by atoms with Gasteiger partial charge in [-0.05, 0) is 50.5 Å². The predicted octanol–water partition coefficient (Wildman–Crippen LogP) is 4.05. The number of rotatable bonds is 5. The average Bonchev–Trinajstić information content (AvgIpc) is 2.87. The third kappa shape index (κ3) is 3.80. The maximum absolute atomic E-state index is 12.3. The van der Waals surface area contributed by atoms with Gasteiger partial charge in [0, 0.05) is 11.1 Å². The molecule has 0 aliphatic carbocycles. The van der Waals surface area contributed by atoms with Crippen molar-refractivity contribution in [2.24, 2.45) is 0 Å². The highest BCUT2D eigenvalue weighted by molar-refractivity contribution is 6.32. The molecule has 1 aromatic carbocycles. The molecule has 0 spiro atoms. The average molecular weight is 323 g/mol. The van der Waals surface area contributed by atoms with E-state index in [1.807, 2.05) is 32.9 Å². The van der Waals surface area contributed by atoms with E-state index in [0.717, 1.165) is 11.1 Å². The summed E-state index contributed by atoms with van der Waals surface area (Å²) in [5.74, 6) is 1.38. The van der Waals surface area contributed by atoms with Crippen LogP contribution in [0.4, 0.5) is 5.82 Å². The van der Waals surface area contributed by atoms with Gasteiger partial charge in [0.25, 0.3) is 5.91 Å². The molecule has 0 aliphatic heterocycles. The van der Waals surface area contributed by atoms with Gasteiger partial charge in [-0.2, -0.15) is 0 Å². The maximum atomic E-state index is 12.3. The highest BCUT2D eigenvalue weighted by atomic mass is 35.5. The lowest BCUT2D eigenvalue weighted by atomic mass is 10.1. The van der Waals surface area contributed by atoms with Crippen molar-refractivity contribution in [1.29, 1.82) is 0 Å². The third-order valence-electron chi connectivity index (χ3n) is 3.23. The Morgan fingerprint density at radius 3 is 2.45 bits per heavy atom. The van der Waals surface area contributed by atoms with E-state index in [-0.39, 0.29) is 5.91 Å². The van der Waals surface area contributed by atoms with Gasteiger partial charge in [-0.25, -0.2) is 0 Å². The van der Waals surface area contributed by atoms with Crippen LogP contribution in [0.5, 0.6) is 5.75 Å². The van der Waals surface area contributed by atoms with Crippen LogP contribution < -0.4 is 10.1 Å². The van der Waals surface area contributed by atoms with Crippen LogP contribution in [0.15, 0.2) is 22.7 Å². The van der Waals surface area contributed by atoms with Crippen LogP contribution in [0.1, 0.15) is 30.2 Å². The molecule has 1 aromatic heterocycles. The van der Waals surface area contributed by atoms with Gasteiger partial charge in [-0.3, -0.25) is 4.79 Å². The zero-order chi connectivity index (χ0) is 16.3. The monoisotopic (exact) mass is 322 g/mol. The molecule has 22 heavy (non-hydrogen) atoms. The Bertz CT molecular complexity index is 659. The summed E-state index contributed by atoms with van der Waals surface area (Å²) in [4.78, 5) is 12.3. The topological polar surface area (TPSA) is 64.4 Å². The first-order valence-corrected chi connectivity index (χ1v) is 7.46. The molecule has 6 heteroatoms. The zero-order valence-corrected chi connectivity index (χ0v) is 13.8. The first kappa shape index (κ1) is 16.4. The molecule has 5 nitrogen and oxygen atoms in total. The van der Waals surface area contributed by atoms with E-state index in [4.69, 9.17) is 20.9 Å². The van der Waals surface area contributed by atoms with Crippen LogP contribution in [-0.4, -0.2) is 17.2 Å². The van der Waals surface area contributed by atoms with Crippen LogP contribution >= 0.6 is 11.6 Å². The molecule has 0 radical (unpaired) electrons. The lowest BCUT2D eigenvalue weighted by Gasteiger charge is -2.17. The second kappa shape index (κ2) is 6.83. The summed E-state index contributed by atoms with van der Waals surface area (Å²) in [7, 11) is 0. The summed E-state index contributed by atoms with van der Waals surface area (Å²) in [6.45, 7) is 7.45. The van der Waals surface area contributed by atoms with E-state index < -0.39 is 6.10 Å². The molecule has 1 unspecified atom stereocenters. The van der Waals surface area contributed by atoms with Gasteiger partial charge in [0.2, 0.25) is 0 Å². The van der Waals surface area contributed by atoms with Crippen molar-refractivity contribution >= 4 is 23.3 Å². The summed E-state index contributed by atoms with van der Waals surface area (Å²) in [5.41, 5.74) is 1.83. The Balaban J connectivity index is 2.10. The molecule has 2 rings (SSSR count). The standard InChI is InChI=1S/C16H19ClN2O3/c1-5-13(16(20)18-14-8-11(4)22-19-14)21-12-6-9(2)15(17)10(3)7-12/h6-8,13H,5H2,1-4H3,(H,18,19,20). The summed E-state index contributed by atoms with van der Waals surface area (Å²) >= 11 is 6.14. The van der Waals surface area contributed by atoms with Crippen LogP contribution in [0.2, 0.25) is 5.02 Å². The van der Waals surface area contributed by atoms with Crippen molar-refractivity contribution in [3.05, 3.63) is 40.1 Å². The van der Waals surface area contributed by atoms with Gasteiger partial charge in [-0.15, -0.1) is 0 Å². The minimum atomic E-state index is -0.614. The van der Waals surface area contributed by atoms with E-state index in [1.165, 1.54) is 0 Å². The third-order valence-corrected chi connectivity index (χ3v) is 3.83. The number of ether oxygens (including phenoxy) is 1. The molecule has 0 saturated heterocycles. The molecule has 1 heterocycles. The van der Waals surface area contributed by atoms with Crippen molar-refractivity contribution in [1.82, 2.24) is 5.16 Å². The molecule has 1 amide bonds. The predicted molar refractivity (Wildman–Crippen MR) is 85.5 cm³/mol. The van der Waals surface area contributed by atoms with E-state index in [1.54, 1.807) is 13.0 Å². The number of benzene rings is 1. The smallest absolute Gasteiger partial charge is 0.266 e. The van der Waals surface area contributed by atoms with Crippen molar-refractivity contribution in [2.75, 3.05) is 5.32 Å². The fourth-order valence-electron chi connectivity index (χ4n) is 2.09. The number of carbonyl (C=O) groups excluding carboxylic acids is 1. The SMILES string of the molecule is CCC(Oc1cc(C)c(Cl)c(C)c1)C(=O)Nc1cc(C)on1. The molecule has 0 aliphatic rings. The van der Waals surface area contributed by atoms with E-state index >= 15 is 0 Å². The minimum Gasteiger partial charge on any atom is -0.481 e.